The van der Waals surface area contributed by atoms with Crippen LogP contribution in [-0.4, -0.2) is 9.67 Å². The van der Waals surface area contributed by atoms with E-state index in [1.54, 1.807) is 0 Å². The van der Waals surface area contributed by atoms with Crippen LogP contribution in [0, 0.1) is 0 Å². The summed E-state index contributed by atoms with van der Waals surface area (Å²) in [6, 6.07) is 14.3. The highest BCUT2D eigenvalue weighted by Gasteiger charge is 2.28. The third-order valence-electron chi connectivity index (χ3n) is 3.46. The van der Waals surface area contributed by atoms with Gasteiger partial charge in [-0.3, -0.25) is 0 Å². The Labute approximate surface area is 95.2 Å². The van der Waals surface area contributed by atoms with Crippen molar-refractivity contribution in [2.24, 2.45) is 0 Å². The molecule has 0 aliphatic carbocycles. The van der Waals surface area contributed by atoms with Crippen molar-refractivity contribution in [1.82, 2.24) is 4.57 Å². The topological polar surface area (TPSA) is 25.2 Å². The zero-order valence-corrected chi connectivity index (χ0v) is 9.08. The van der Waals surface area contributed by atoms with Crippen LogP contribution in [0.5, 0.6) is 0 Å². The number of aliphatic hydroxyl groups excluding tert-OH is 1. The Morgan fingerprint density at radius 2 is 1.88 bits per heavy atom. The number of aryl methyl sites for hydroxylation is 1. The third-order valence-corrected chi connectivity index (χ3v) is 3.46. The van der Waals surface area contributed by atoms with Crippen LogP contribution in [0.1, 0.15) is 29.7 Å². The van der Waals surface area contributed by atoms with Gasteiger partial charge < -0.3 is 9.67 Å². The van der Waals surface area contributed by atoms with Crippen molar-refractivity contribution in [3.63, 3.8) is 0 Å². The average Bonchev–Trinajstić information content (AvgIpc) is 2.80. The summed E-state index contributed by atoms with van der Waals surface area (Å²) in [5.74, 6) is 0.239. The molecule has 1 aromatic heterocycles. The van der Waals surface area contributed by atoms with Crippen LogP contribution >= 0.6 is 0 Å². The maximum atomic E-state index is 10.3. The average molecular weight is 213 g/mol. The van der Waals surface area contributed by atoms with Crippen molar-refractivity contribution in [1.29, 1.82) is 0 Å². The molecule has 2 heterocycles. The van der Waals surface area contributed by atoms with Crippen molar-refractivity contribution in [3.05, 3.63) is 59.9 Å². The largest absolute Gasteiger partial charge is 0.386 e. The van der Waals surface area contributed by atoms with Gasteiger partial charge in [-0.25, -0.2) is 0 Å². The summed E-state index contributed by atoms with van der Waals surface area (Å²) in [5.41, 5.74) is 2.28. The lowest BCUT2D eigenvalue weighted by molar-refractivity contribution is 0.114. The van der Waals surface area contributed by atoms with Gasteiger partial charge in [0.2, 0.25) is 0 Å². The van der Waals surface area contributed by atoms with Gasteiger partial charge in [0.1, 0.15) is 6.10 Å². The second-order valence-corrected chi connectivity index (χ2v) is 4.38. The number of nitrogens with zero attached hydrogens (tertiary/aromatic N) is 1. The van der Waals surface area contributed by atoms with E-state index in [1.807, 2.05) is 36.5 Å². The first-order valence-electron chi connectivity index (χ1n) is 5.74. The molecule has 0 radical (unpaired) electrons. The van der Waals surface area contributed by atoms with E-state index in [4.69, 9.17) is 0 Å². The number of rotatable bonds is 1. The SMILES string of the molecule is OC1c2cccn2CCC1c1ccccc1. The van der Waals surface area contributed by atoms with Crippen molar-refractivity contribution in [2.75, 3.05) is 0 Å². The highest BCUT2D eigenvalue weighted by Crippen LogP contribution is 2.37. The van der Waals surface area contributed by atoms with E-state index >= 15 is 0 Å². The Bertz CT molecular complexity index is 474. The van der Waals surface area contributed by atoms with Crippen LogP contribution in [0.2, 0.25) is 0 Å². The molecular weight excluding hydrogens is 198 g/mol. The summed E-state index contributed by atoms with van der Waals surface area (Å²) in [5, 5.41) is 10.3. The summed E-state index contributed by atoms with van der Waals surface area (Å²) in [6.07, 6.45) is 2.68. The summed E-state index contributed by atoms with van der Waals surface area (Å²) < 4.78 is 2.14. The molecular formula is C14H15NO. The molecule has 2 heteroatoms. The summed E-state index contributed by atoms with van der Waals surface area (Å²) in [7, 11) is 0. The highest BCUT2D eigenvalue weighted by molar-refractivity contribution is 5.26. The fourth-order valence-electron chi connectivity index (χ4n) is 2.59. The summed E-state index contributed by atoms with van der Waals surface area (Å²) in [6.45, 7) is 0.999. The van der Waals surface area contributed by atoms with E-state index in [2.05, 4.69) is 16.7 Å². The van der Waals surface area contributed by atoms with E-state index in [1.165, 1.54) is 5.56 Å². The summed E-state index contributed by atoms with van der Waals surface area (Å²) >= 11 is 0. The minimum atomic E-state index is -0.369. The molecule has 1 aromatic carbocycles. The minimum Gasteiger partial charge on any atom is -0.386 e. The number of aromatic nitrogens is 1. The Kier molecular flexibility index (Phi) is 2.29. The van der Waals surface area contributed by atoms with E-state index in [0.29, 0.717) is 0 Å². The van der Waals surface area contributed by atoms with Crippen LogP contribution in [-0.2, 0) is 6.54 Å². The molecule has 0 fully saturated rings. The van der Waals surface area contributed by atoms with Gasteiger partial charge in [0.25, 0.3) is 0 Å². The van der Waals surface area contributed by atoms with Crippen LogP contribution in [0.25, 0.3) is 0 Å². The molecule has 3 rings (SSSR count). The van der Waals surface area contributed by atoms with E-state index in [9.17, 15) is 5.11 Å². The van der Waals surface area contributed by atoms with E-state index in [-0.39, 0.29) is 12.0 Å². The molecule has 2 unspecified atom stereocenters. The molecule has 0 spiro atoms. The molecule has 2 aromatic rings. The smallest absolute Gasteiger partial charge is 0.101 e. The minimum absolute atomic E-state index is 0.239. The Morgan fingerprint density at radius 3 is 2.69 bits per heavy atom. The molecule has 16 heavy (non-hydrogen) atoms. The second-order valence-electron chi connectivity index (χ2n) is 4.38. The maximum Gasteiger partial charge on any atom is 0.101 e. The van der Waals surface area contributed by atoms with Gasteiger partial charge in [0, 0.05) is 24.4 Å². The molecule has 1 aliphatic heterocycles. The van der Waals surface area contributed by atoms with Gasteiger partial charge in [-0.2, -0.15) is 0 Å². The van der Waals surface area contributed by atoms with Gasteiger partial charge >= 0.3 is 0 Å². The van der Waals surface area contributed by atoms with Crippen molar-refractivity contribution >= 4 is 0 Å². The van der Waals surface area contributed by atoms with Gasteiger partial charge in [-0.05, 0) is 24.1 Å². The molecule has 0 saturated heterocycles. The molecule has 1 N–H and O–H groups in total. The maximum absolute atomic E-state index is 10.3. The number of hydrogen-bond donors (Lipinski definition) is 1. The lowest BCUT2D eigenvalue weighted by atomic mass is 9.86. The quantitative estimate of drug-likeness (QED) is 0.774. The second kappa shape index (κ2) is 3.80. The van der Waals surface area contributed by atoms with Gasteiger partial charge in [-0.1, -0.05) is 30.3 Å². The first kappa shape index (κ1) is 9.67. The first-order valence-corrected chi connectivity index (χ1v) is 5.74. The van der Waals surface area contributed by atoms with Crippen LogP contribution in [0.15, 0.2) is 48.7 Å². The highest BCUT2D eigenvalue weighted by atomic mass is 16.3. The Hall–Kier alpha value is -1.54. The number of benzene rings is 1. The number of aliphatic hydroxyl groups is 1. The predicted molar refractivity (Wildman–Crippen MR) is 63.2 cm³/mol. The molecule has 0 amide bonds. The van der Waals surface area contributed by atoms with Crippen molar-refractivity contribution in [3.8, 4) is 0 Å². The predicted octanol–water partition coefficient (Wildman–Crippen LogP) is 2.71. The van der Waals surface area contributed by atoms with Crippen LogP contribution < -0.4 is 0 Å². The fourth-order valence-corrected chi connectivity index (χ4v) is 2.59. The third kappa shape index (κ3) is 1.46. The normalized spacial score (nSPS) is 24.1. The van der Waals surface area contributed by atoms with Crippen LogP contribution in [0.3, 0.4) is 0 Å². The van der Waals surface area contributed by atoms with Crippen molar-refractivity contribution in [2.45, 2.75) is 25.0 Å². The van der Waals surface area contributed by atoms with Gasteiger partial charge in [0.15, 0.2) is 0 Å². The standard InChI is InChI=1S/C14H15NO/c16-14-12(11-5-2-1-3-6-11)8-10-15-9-4-7-13(14)15/h1-7,9,12,14,16H,8,10H2. The zero-order chi connectivity index (χ0) is 11.0. The first-order chi connectivity index (χ1) is 7.86. The monoisotopic (exact) mass is 213 g/mol. The molecule has 2 nitrogen and oxygen atoms in total. The molecule has 2 atom stereocenters. The molecule has 0 saturated carbocycles. The lowest BCUT2D eigenvalue weighted by Crippen LogP contribution is -2.22. The lowest BCUT2D eigenvalue weighted by Gasteiger charge is -2.30. The van der Waals surface area contributed by atoms with Crippen molar-refractivity contribution < 1.29 is 5.11 Å². The summed E-state index contributed by atoms with van der Waals surface area (Å²) in [4.78, 5) is 0. The van der Waals surface area contributed by atoms with E-state index < -0.39 is 0 Å². The fraction of sp³-hybridized carbons (Fsp3) is 0.286. The number of fused-ring (bicyclic) bond motifs is 1. The zero-order valence-electron chi connectivity index (χ0n) is 9.08. The van der Waals surface area contributed by atoms with Crippen LogP contribution in [0.4, 0.5) is 0 Å². The van der Waals surface area contributed by atoms with Gasteiger partial charge in [-0.15, -0.1) is 0 Å². The van der Waals surface area contributed by atoms with Gasteiger partial charge in [0.05, 0.1) is 0 Å². The Balaban J connectivity index is 1.96. The molecule has 0 bridgehead atoms. The Morgan fingerprint density at radius 1 is 1.06 bits per heavy atom. The van der Waals surface area contributed by atoms with E-state index in [0.717, 1.165) is 18.7 Å². The molecule has 1 aliphatic rings. The molecule has 82 valence electrons. The number of hydrogen-bond acceptors (Lipinski definition) is 1.